The normalized spacial score (nSPS) is 8.50. The summed E-state index contributed by atoms with van der Waals surface area (Å²) in [5.41, 5.74) is 0. The van der Waals surface area contributed by atoms with E-state index in [1.54, 1.807) is 0 Å². The Morgan fingerprint density at radius 3 is 1.08 bits per heavy atom. The molecule has 0 saturated carbocycles. The number of hydrogen-bond donors (Lipinski definition) is 2. The van der Waals surface area contributed by atoms with Crippen molar-refractivity contribution in [2.75, 3.05) is 0 Å². The minimum atomic E-state index is -5.17. The molecule has 0 rings (SSSR count). The second kappa shape index (κ2) is 7.71. The van der Waals surface area contributed by atoms with Crippen LogP contribution in [0.5, 0.6) is 0 Å². The van der Waals surface area contributed by atoms with Gasteiger partial charge in [-0.3, -0.25) is 8.42 Å². The summed E-state index contributed by atoms with van der Waals surface area (Å²) in [5, 5.41) is 14.8. The first kappa shape index (κ1) is 18.0. The second-order valence-corrected chi connectivity index (χ2v) is 1.84. The van der Waals surface area contributed by atoms with Crippen LogP contribution in [-0.4, -0.2) is 77.4 Å². The van der Waals surface area contributed by atoms with E-state index in [0.717, 1.165) is 0 Å². The first-order chi connectivity index (χ1) is 4.64. The molecule has 66 valence electrons. The van der Waals surface area contributed by atoms with Gasteiger partial charge in [0.1, 0.15) is 0 Å². The van der Waals surface area contributed by atoms with E-state index in [-0.39, 0.29) is 37.7 Å². The molecule has 0 saturated heterocycles. The van der Waals surface area contributed by atoms with Crippen molar-refractivity contribution in [3.05, 3.63) is 0 Å². The Morgan fingerprint density at radius 1 is 1.00 bits per heavy atom. The minimum Gasteiger partial charge on any atom is -0.759 e. The van der Waals surface area contributed by atoms with Crippen molar-refractivity contribution in [2.45, 2.75) is 0 Å². The van der Waals surface area contributed by atoms with Gasteiger partial charge in [-0.05, 0) is 0 Å². The third kappa shape index (κ3) is 50.0. The number of aliphatic carboxylic acids is 2. The Hall–Kier alpha value is 0.0697. The molecular weight excluding hydrogens is 224 g/mol. The minimum absolute atomic E-state index is 0. The number of carboxylic acid groups (broad SMARTS) is 2. The third-order valence-corrected chi connectivity index (χ3v) is 0.183. The third-order valence-electron chi connectivity index (χ3n) is 0.183. The van der Waals surface area contributed by atoms with E-state index in [1.807, 2.05) is 0 Å². The van der Waals surface area contributed by atoms with Crippen LogP contribution in [-0.2, 0) is 20.0 Å². The van der Waals surface area contributed by atoms with E-state index in [1.165, 1.54) is 0 Å². The van der Waals surface area contributed by atoms with Gasteiger partial charge in [0.05, 0.1) is 0 Å². The molecular formula is C2H2CaO8S. The Labute approximate surface area is 96.8 Å². The summed E-state index contributed by atoms with van der Waals surface area (Å²) < 4.78 is 34.1. The zero-order valence-corrected chi connectivity index (χ0v) is 8.48. The zero-order chi connectivity index (χ0) is 9.65. The van der Waals surface area contributed by atoms with Crippen LogP contribution >= 0.6 is 0 Å². The van der Waals surface area contributed by atoms with Crippen LogP contribution in [0.25, 0.3) is 0 Å². The molecule has 0 amide bonds. The molecule has 0 fully saturated rings. The Morgan fingerprint density at radius 2 is 1.08 bits per heavy atom. The molecule has 0 spiro atoms. The van der Waals surface area contributed by atoms with Gasteiger partial charge in [-0.15, -0.1) is 0 Å². The standard InChI is InChI=1S/C2H2O4.Ca.H2O4S/c3-1(4)2(5)6;;1-5(2,3)4/h(H,3,4)(H,5,6);;(H2,1,2,3,4)/q;+2;/p-2. The van der Waals surface area contributed by atoms with Gasteiger partial charge in [0.25, 0.3) is 0 Å². The molecule has 10 heteroatoms. The first-order valence-corrected chi connectivity index (χ1v) is 3.11. The molecule has 8 nitrogen and oxygen atoms in total. The summed E-state index contributed by atoms with van der Waals surface area (Å²) in [7, 11) is -5.17. The van der Waals surface area contributed by atoms with Gasteiger partial charge >= 0.3 is 49.7 Å². The molecule has 12 heavy (non-hydrogen) atoms. The Kier molecular flexibility index (Phi) is 11.5. The fourth-order valence-electron chi connectivity index (χ4n) is 0. The average Bonchev–Trinajstić information content (AvgIpc) is 1.59. The largest absolute Gasteiger partial charge is 2.00 e. The molecule has 0 bridgehead atoms. The number of rotatable bonds is 0. The van der Waals surface area contributed by atoms with Crippen LogP contribution in [0.15, 0.2) is 0 Å². The van der Waals surface area contributed by atoms with Crippen molar-refractivity contribution >= 4 is 60.1 Å². The van der Waals surface area contributed by atoms with Crippen LogP contribution in [0.3, 0.4) is 0 Å². The average molecular weight is 226 g/mol. The molecule has 0 aliphatic carbocycles. The summed E-state index contributed by atoms with van der Waals surface area (Å²) >= 11 is 0. The van der Waals surface area contributed by atoms with Gasteiger partial charge in [-0.25, -0.2) is 9.59 Å². The molecule has 0 aliphatic rings. The fourth-order valence-corrected chi connectivity index (χ4v) is 0. The van der Waals surface area contributed by atoms with Crippen LogP contribution in [0, 0.1) is 0 Å². The van der Waals surface area contributed by atoms with Gasteiger partial charge < -0.3 is 19.3 Å². The van der Waals surface area contributed by atoms with E-state index in [0.29, 0.717) is 0 Å². The number of hydrogen-bond acceptors (Lipinski definition) is 6. The molecule has 0 unspecified atom stereocenters. The summed E-state index contributed by atoms with van der Waals surface area (Å²) in [5.74, 6) is -3.65. The molecule has 0 aromatic heterocycles. The quantitative estimate of drug-likeness (QED) is 0.198. The molecule has 0 aliphatic heterocycles. The van der Waals surface area contributed by atoms with Crippen LogP contribution in [0.2, 0.25) is 0 Å². The van der Waals surface area contributed by atoms with Gasteiger partial charge in [-0.1, -0.05) is 0 Å². The van der Waals surface area contributed by atoms with Crippen molar-refractivity contribution in [3.63, 3.8) is 0 Å². The van der Waals surface area contributed by atoms with Crippen LogP contribution in [0.1, 0.15) is 0 Å². The van der Waals surface area contributed by atoms with Gasteiger partial charge in [0.15, 0.2) is 0 Å². The van der Waals surface area contributed by atoms with Crippen LogP contribution in [0.4, 0.5) is 0 Å². The molecule has 0 aromatic carbocycles. The zero-order valence-electron chi connectivity index (χ0n) is 5.46. The van der Waals surface area contributed by atoms with Crippen molar-refractivity contribution in [1.82, 2.24) is 0 Å². The van der Waals surface area contributed by atoms with Crippen molar-refractivity contribution < 1.29 is 37.3 Å². The SMILES string of the molecule is O=C(O)C(=O)O.O=S(=O)([O-])[O-].[Ca+2]. The maximum atomic E-state index is 9.10. The molecule has 2 N–H and O–H groups in total. The van der Waals surface area contributed by atoms with Crippen molar-refractivity contribution in [1.29, 1.82) is 0 Å². The second-order valence-electron chi connectivity index (χ2n) is 1.02. The summed E-state index contributed by atoms with van der Waals surface area (Å²) in [6.07, 6.45) is 0. The maximum absolute atomic E-state index is 9.10. The molecule has 0 atom stereocenters. The predicted octanol–water partition coefficient (Wildman–Crippen LogP) is -2.56. The first-order valence-electron chi connectivity index (χ1n) is 1.77. The van der Waals surface area contributed by atoms with Crippen LogP contribution < -0.4 is 0 Å². The predicted molar refractivity (Wildman–Crippen MR) is 31.5 cm³/mol. The number of carbonyl (C=O) groups is 2. The summed E-state index contributed by atoms with van der Waals surface area (Å²) in [6, 6.07) is 0. The fraction of sp³-hybridized carbons (Fsp3) is 0. The van der Waals surface area contributed by atoms with Crippen molar-refractivity contribution in [3.8, 4) is 0 Å². The molecule has 0 heterocycles. The summed E-state index contributed by atoms with van der Waals surface area (Å²) in [6.45, 7) is 0. The van der Waals surface area contributed by atoms with E-state index in [9.17, 15) is 0 Å². The Balaban J connectivity index is -0.000000126. The molecule has 0 radical (unpaired) electrons. The summed E-state index contributed by atoms with van der Waals surface area (Å²) in [4.78, 5) is 18.2. The topological polar surface area (TPSA) is 155 Å². The van der Waals surface area contributed by atoms with Gasteiger partial charge in [-0.2, -0.15) is 0 Å². The maximum Gasteiger partial charge on any atom is 2.00 e. The van der Waals surface area contributed by atoms with Crippen molar-refractivity contribution in [2.24, 2.45) is 0 Å². The van der Waals surface area contributed by atoms with E-state index >= 15 is 0 Å². The van der Waals surface area contributed by atoms with E-state index in [4.69, 9.17) is 37.3 Å². The van der Waals surface area contributed by atoms with Gasteiger partial charge in [0.2, 0.25) is 0 Å². The Bertz CT molecular complexity index is 220. The van der Waals surface area contributed by atoms with E-state index in [2.05, 4.69) is 0 Å². The molecule has 0 aromatic rings. The monoisotopic (exact) mass is 226 g/mol. The van der Waals surface area contributed by atoms with E-state index < -0.39 is 22.3 Å². The van der Waals surface area contributed by atoms with Gasteiger partial charge in [0, 0.05) is 10.4 Å². The number of carboxylic acids is 2. The smallest absolute Gasteiger partial charge is 0.759 e.